The van der Waals surface area contributed by atoms with E-state index in [4.69, 9.17) is 0 Å². The van der Waals surface area contributed by atoms with E-state index in [0.717, 1.165) is 39.8 Å². The van der Waals surface area contributed by atoms with Crippen LogP contribution in [0.2, 0.25) is 0 Å². The highest BCUT2D eigenvalue weighted by Crippen LogP contribution is 2.30. The molecule has 1 saturated heterocycles. The molecule has 4 aromatic heterocycles. The molecule has 0 bridgehead atoms. The van der Waals surface area contributed by atoms with Gasteiger partial charge in [0.05, 0.1) is 11.0 Å². The lowest BCUT2D eigenvalue weighted by molar-refractivity contribution is 0.331. The Hall–Kier alpha value is -3.58. The molecule has 6 rings (SSSR count). The molecule has 0 spiro atoms. The molecule has 1 aliphatic heterocycles. The molecular weight excluding hydrogens is 374 g/mol. The van der Waals surface area contributed by atoms with Gasteiger partial charge in [-0.15, -0.1) is 0 Å². The van der Waals surface area contributed by atoms with Gasteiger partial charge in [0.25, 0.3) is 0 Å². The molecular formula is C23H21N7. The molecule has 0 unspecified atom stereocenters. The summed E-state index contributed by atoms with van der Waals surface area (Å²) in [6.45, 7) is 3.33. The van der Waals surface area contributed by atoms with E-state index >= 15 is 0 Å². The summed E-state index contributed by atoms with van der Waals surface area (Å²) in [4.78, 5) is 19.3. The number of benzene rings is 1. The van der Waals surface area contributed by atoms with Gasteiger partial charge in [-0.25, -0.2) is 9.97 Å². The summed E-state index contributed by atoms with van der Waals surface area (Å²) < 4.78 is 0. The van der Waals surface area contributed by atoms with Crippen LogP contribution in [-0.2, 0) is 6.54 Å². The predicted octanol–water partition coefficient (Wildman–Crippen LogP) is 4.16. The Balaban J connectivity index is 1.39. The van der Waals surface area contributed by atoms with Crippen molar-refractivity contribution in [3.8, 4) is 22.6 Å². The maximum Gasteiger partial charge on any atom is 0.178 e. The third-order valence-electron chi connectivity index (χ3n) is 5.78. The van der Waals surface area contributed by atoms with Crippen molar-refractivity contribution in [3.63, 3.8) is 0 Å². The van der Waals surface area contributed by atoms with Crippen molar-refractivity contribution >= 4 is 22.1 Å². The van der Waals surface area contributed by atoms with Crippen LogP contribution in [0, 0.1) is 0 Å². The molecule has 1 fully saturated rings. The summed E-state index contributed by atoms with van der Waals surface area (Å²) in [7, 11) is 0. The minimum absolute atomic E-state index is 0.693. The lowest BCUT2D eigenvalue weighted by Gasteiger charge is -2.14. The number of imidazole rings is 1. The molecule has 5 aromatic rings. The number of likely N-dealkylation sites (tertiary alicyclic amines) is 1. The zero-order valence-corrected chi connectivity index (χ0v) is 16.5. The molecule has 7 heteroatoms. The Kier molecular flexibility index (Phi) is 4.06. The van der Waals surface area contributed by atoms with Gasteiger partial charge in [0.1, 0.15) is 5.69 Å². The topological polar surface area (TPSA) is 86.4 Å². The first-order valence-electron chi connectivity index (χ1n) is 10.3. The van der Waals surface area contributed by atoms with E-state index in [1.807, 2.05) is 24.5 Å². The lowest BCUT2D eigenvalue weighted by atomic mass is 10.0. The van der Waals surface area contributed by atoms with Gasteiger partial charge in [-0.2, -0.15) is 5.10 Å². The van der Waals surface area contributed by atoms with Crippen LogP contribution in [0.1, 0.15) is 18.4 Å². The number of hydrogen-bond acceptors (Lipinski definition) is 5. The highest BCUT2D eigenvalue weighted by Gasteiger charge is 2.15. The van der Waals surface area contributed by atoms with Crippen molar-refractivity contribution in [1.29, 1.82) is 0 Å². The van der Waals surface area contributed by atoms with Crippen molar-refractivity contribution in [2.75, 3.05) is 13.1 Å². The molecule has 2 N–H and O–H groups in total. The Labute approximate surface area is 173 Å². The van der Waals surface area contributed by atoms with Crippen LogP contribution in [0.3, 0.4) is 0 Å². The zero-order valence-electron chi connectivity index (χ0n) is 16.5. The Bertz CT molecular complexity index is 1310. The fourth-order valence-corrected chi connectivity index (χ4v) is 4.26. The van der Waals surface area contributed by atoms with Crippen LogP contribution in [0.15, 0.2) is 55.0 Å². The average molecular weight is 395 g/mol. The number of pyridine rings is 2. The number of hydrogen-bond donors (Lipinski definition) is 2. The molecule has 0 atom stereocenters. The van der Waals surface area contributed by atoms with Gasteiger partial charge in [0.2, 0.25) is 0 Å². The van der Waals surface area contributed by atoms with E-state index in [1.54, 1.807) is 6.20 Å². The second-order valence-corrected chi connectivity index (χ2v) is 7.86. The maximum atomic E-state index is 4.61. The second kappa shape index (κ2) is 7.03. The van der Waals surface area contributed by atoms with E-state index in [-0.39, 0.29) is 0 Å². The van der Waals surface area contributed by atoms with Gasteiger partial charge < -0.3 is 4.98 Å². The largest absolute Gasteiger partial charge is 0.335 e. The van der Waals surface area contributed by atoms with E-state index < -0.39 is 0 Å². The summed E-state index contributed by atoms with van der Waals surface area (Å²) in [5, 5.41) is 8.65. The normalized spacial score (nSPS) is 14.8. The number of nitrogens with zero attached hydrogens (tertiary/aromatic N) is 5. The summed E-state index contributed by atoms with van der Waals surface area (Å²) in [6, 6.07) is 12.4. The van der Waals surface area contributed by atoms with Gasteiger partial charge in [-0.3, -0.25) is 15.0 Å². The van der Waals surface area contributed by atoms with Crippen molar-refractivity contribution in [1.82, 2.24) is 35.0 Å². The van der Waals surface area contributed by atoms with Crippen molar-refractivity contribution < 1.29 is 0 Å². The molecule has 0 radical (unpaired) electrons. The SMILES string of the molecule is c1cnc2nc(-c3n[nH]c4ccc(-c5cncc(CN6CCCC6)c5)cc34)[nH]c2c1. The van der Waals surface area contributed by atoms with Crippen LogP contribution in [0.5, 0.6) is 0 Å². The summed E-state index contributed by atoms with van der Waals surface area (Å²) in [6.07, 6.45) is 8.25. The molecule has 1 aromatic carbocycles. The number of rotatable bonds is 4. The van der Waals surface area contributed by atoms with E-state index in [1.165, 1.54) is 31.5 Å². The third-order valence-corrected chi connectivity index (χ3v) is 5.78. The highest BCUT2D eigenvalue weighted by atomic mass is 15.1. The van der Waals surface area contributed by atoms with Crippen molar-refractivity contribution in [2.45, 2.75) is 19.4 Å². The van der Waals surface area contributed by atoms with Crippen LogP contribution < -0.4 is 0 Å². The summed E-state index contributed by atoms with van der Waals surface area (Å²) in [5.41, 5.74) is 6.86. The molecule has 1 aliphatic rings. The number of fused-ring (bicyclic) bond motifs is 2. The molecule has 7 nitrogen and oxygen atoms in total. The fourth-order valence-electron chi connectivity index (χ4n) is 4.26. The summed E-state index contributed by atoms with van der Waals surface area (Å²) in [5.74, 6) is 0.716. The number of H-pyrrole nitrogens is 2. The van der Waals surface area contributed by atoms with Gasteiger partial charge in [0.15, 0.2) is 11.5 Å². The molecule has 5 heterocycles. The van der Waals surface area contributed by atoms with Gasteiger partial charge in [0, 0.05) is 36.1 Å². The minimum atomic E-state index is 0.693. The van der Waals surface area contributed by atoms with Crippen LogP contribution in [0.25, 0.3) is 44.7 Å². The molecule has 0 amide bonds. The van der Waals surface area contributed by atoms with E-state index in [2.05, 4.69) is 59.3 Å². The van der Waals surface area contributed by atoms with Crippen LogP contribution >= 0.6 is 0 Å². The lowest BCUT2D eigenvalue weighted by Crippen LogP contribution is -2.18. The van der Waals surface area contributed by atoms with Gasteiger partial charge in [-0.05, 0) is 67.4 Å². The molecule has 30 heavy (non-hydrogen) atoms. The third kappa shape index (κ3) is 3.04. The standard InChI is InChI=1S/C23H21N7/c1-2-9-30(8-1)14-15-10-17(13-24-12-15)16-5-6-19-18(11-16)21(29-28-19)23-26-20-4-3-7-25-22(20)27-23/h3-7,10-13H,1-2,8-9,14H2,(H,28,29)(H,25,26,27). The number of nitrogens with one attached hydrogen (secondary N) is 2. The highest BCUT2D eigenvalue weighted by molar-refractivity contribution is 5.95. The van der Waals surface area contributed by atoms with Crippen molar-refractivity contribution in [3.05, 3.63) is 60.6 Å². The zero-order chi connectivity index (χ0) is 19.9. The van der Waals surface area contributed by atoms with Crippen LogP contribution in [0.4, 0.5) is 0 Å². The Morgan fingerprint density at radius 2 is 1.90 bits per heavy atom. The van der Waals surface area contributed by atoms with Crippen LogP contribution in [-0.4, -0.2) is 48.1 Å². The van der Waals surface area contributed by atoms with E-state index in [0.29, 0.717) is 11.5 Å². The Morgan fingerprint density at radius 1 is 0.967 bits per heavy atom. The smallest absolute Gasteiger partial charge is 0.178 e. The van der Waals surface area contributed by atoms with Crippen molar-refractivity contribution in [2.24, 2.45) is 0 Å². The maximum absolute atomic E-state index is 4.61. The predicted molar refractivity (Wildman–Crippen MR) is 117 cm³/mol. The molecule has 0 aliphatic carbocycles. The number of aromatic nitrogens is 6. The van der Waals surface area contributed by atoms with Gasteiger partial charge >= 0.3 is 0 Å². The monoisotopic (exact) mass is 395 g/mol. The Morgan fingerprint density at radius 3 is 2.80 bits per heavy atom. The first-order valence-corrected chi connectivity index (χ1v) is 10.3. The number of aromatic amines is 2. The first-order chi connectivity index (χ1) is 14.8. The first kappa shape index (κ1) is 17.3. The fraction of sp³-hybridized carbons (Fsp3) is 0.217. The second-order valence-electron chi connectivity index (χ2n) is 7.86. The van der Waals surface area contributed by atoms with Gasteiger partial charge in [-0.1, -0.05) is 6.07 Å². The molecule has 0 saturated carbocycles. The quantitative estimate of drug-likeness (QED) is 0.477. The minimum Gasteiger partial charge on any atom is -0.335 e. The van der Waals surface area contributed by atoms with E-state index in [9.17, 15) is 0 Å². The summed E-state index contributed by atoms with van der Waals surface area (Å²) >= 11 is 0. The molecule has 148 valence electrons. The average Bonchev–Trinajstić information content (AvgIpc) is 3.52.